The molecule has 0 aliphatic carbocycles. The van der Waals surface area contributed by atoms with Crippen LogP contribution in [0.25, 0.3) is 0 Å². The van der Waals surface area contributed by atoms with Gasteiger partial charge in [-0.25, -0.2) is 4.79 Å². The van der Waals surface area contributed by atoms with Crippen LogP contribution in [0, 0.1) is 5.92 Å². The molecule has 0 atom stereocenters. The van der Waals surface area contributed by atoms with Crippen LogP contribution in [0.2, 0.25) is 0 Å². The molecule has 4 heteroatoms. The highest BCUT2D eigenvalue weighted by Gasteiger charge is 2.01. The number of aromatic carboxylic acids is 1. The van der Waals surface area contributed by atoms with Crippen molar-refractivity contribution in [2.24, 2.45) is 5.92 Å². The molecule has 0 heterocycles. The van der Waals surface area contributed by atoms with E-state index in [0.29, 0.717) is 11.5 Å². The molecule has 0 unspecified atom stereocenters. The van der Waals surface area contributed by atoms with Gasteiger partial charge in [0.2, 0.25) is 0 Å². The van der Waals surface area contributed by atoms with Crippen molar-refractivity contribution in [3.63, 3.8) is 0 Å². The number of nitrogens with one attached hydrogen (secondary N) is 1. The normalized spacial score (nSPS) is 9.94. The Morgan fingerprint density at radius 3 is 2.31 bits per heavy atom. The molecule has 0 aliphatic heterocycles. The molecule has 0 saturated heterocycles. The van der Waals surface area contributed by atoms with E-state index in [4.69, 9.17) is 5.11 Å². The number of benzene rings is 1. The molecule has 0 saturated carbocycles. The molecule has 0 aromatic heterocycles. The largest absolute Gasteiger partial charge is 1.00 e. The first-order valence-electron chi connectivity index (χ1n) is 5.12. The summed E-state index contributed by atoms with van der Waals surface area (Å²) in [6, 6.07) is 6.96. The van der Waals surface area contributed by atoms with Gasteiger partial charge in [-0.05, 0) is 30.2 Å². The number of rotatable bonds is 5. The Morgan fingerprint density at radius 2 is 1.88 bits per heavy atom. The first-order valence-corrected chi connectivity index (χ1v) is 5.12. The first-order chi connectivity index (χ1) is 7.09. The van der Waals surface area contributed by atoms with Gasteiger partial charge in [-0.1, -0.05) is 26.0 Å². The van der Waals surface area contributed by atoms with Crippen LogP contribution >= 0.6 is 0 Å². The molecule has 1 aromatic rings. The maximum absolute atomic E-state index is 10.6. The number of hydrogen-bond acceptors (Lipinski definition) is 2. The van der Waals surface area contributed by atoms with Crippen molar-refractivity contribution in [2.75, 3.05) is 6.54 Å². The van der Waals surface area contributed by atoms with Gasteiger partial charge >= 0.3 is 5.97 Å². The molecular weight excluding hydrogens is 226 g/mol. The van der Waals surface area contributed by atoms with Gasteiger partial charge in [-0.15, -0.1) is 0 Å². The van der Waals surface area contributed by atoms with Crippen molar-refractivity contribution in [3.8, 4) is 0 Å². The molecular formula is C12H17ClNO2-. The summed E-state index contributed by atoms with van der Waals surface area (Å²) >= 11 is 0. The topological polar surface area (TPSA) is 49.3 Å². The highest BCUT2D eigenvalue weighted by Crippen LogP contribution is 2.04. The first kappa shape index (κ1) is 14.9. The number of carboxylic acids is 1. The molecule has 1 aromatic carbocycles. The monoisotopic (exact) mass is 242 g/mol. The van der Waals surface area contributed by atoms with E-state index in [1.165, 1.54) is 0 Å². The molecule has 90 valence electrons. The SMILES string of the molecule is CC(C)CNCc1ccc(C(=O)O)cc1.[Cl-]. The van der Waals surface area contributed by atoms with Crippen molar-refractivity contribution < 1.29 is 22.3 Å². The molecule has 0 spiro atoms. The van der Waals surface area contributed by atoms with Crippen molar-refractivity contribution >= 4 is 5.97 Å². The lowest BCUT2D eigenvalue weighted by Gasteiger charge is -2.07. The standard InChI is InChI=1S/C12H17NO2.ClH/c1-9(2)7-13-8-10-3-5-11(6-4-10)12(14)15;/h3-6,9,13H,7-8H2,1-2H3,(H,14,15);1H/p-1. The van der Waals surface area contributed by atoms with E-state index >= 15 is 0 Å². The zero-order valence-corrected chi connectivity index (χ0v) is 10.3. The molecule has 16 heavy (non-hydrogen) atoms. The molecule has 0 radical (unpaired) electrons. The smallest absolute Gasteiger partial charge is 0.335 e. The van der Waals surface area contributed by atoms with Crippen molar-refractivity contribution in [1.82, 2.24) is 5.32 Å². The Bertz CT molecular complexity index is 322. The molecule has 0 bridgehead atoms. The van der Waals surface area contributed by atoms with Crippen LogP contribution < -0.4 is 17.7 Å². The number of carbonyl (C=O) groups is 1. The summed E-state index contributed by atoms with van der Waals surface area (Å²) in [5.74, 6) is -0.250. The minimum Gasteiger partial charge on any atom is -1.00 e. The third kappa shape index (κ3) is 5.14. The van der Waals surface area contributed by atoms with E-state index in [2.05, 4.69) is 19.2 Å². The van der Waals surface area contributed by atoms with E-state index in [-0.39, 0.29) is 12.4 Å². The molecule has 3 nitrogen and oxygen atoms in total. The summed E-state index contributed by atoms with van der Waals surface area (Å²) in [6.45, 7) is 6.07. The van der Waals surface area contributed by atoms with Gasteiger partial charge in [0.25, 0.3) is 0 Å². The highest BCUT2D eigenvalue weighted by atomic mass is 35.5. The average molecular weight is 243 g/mol. The molecule has 1 rings (SSSR count). The number of halogens is 1. The molecule has 0 fully saturated rings. The summed E-state index contributed by atoms with van der Waals surface area (Å²) in [5.41, 5.74) is 1.45. The predicted molar refractivity (Wildman–Crippen MR) is 59.9 cm³/mol. The van der Waals surface area contributed by atoms with Crippen LogP contribution in [-0.2, 0) is 6.54 Å². The van der Waals surface area contributed by atoms with E-state index in [0.717, 1.165) is 18.7 Å². The lowest BCUT2D eigenvalue weighted by atomic mass is 10.1. The van der Waals surface area contributed by atoms with E-state index in [1.54, 1.807) is 12.1 Å². The third-order valence-corrected chi connectivity index (χ3v) is 2.08. The summed E-state index contributed by atoms with van der Waals surface area (Å²) < 4.78 is 0. The van der Waals surface area contributed by atoms with Gasteiger partial charge in [0.1, 0.15) is 0 Å². The minimum atomic E-state index is -0.878. The minimum absolute atomic E-state index is 0. The second kappa shape index (κ2) is 7.25. The van der Waals surface area contributed by atoms with E-state index in [1.807, 2.05) is 12.1 Å². The van der Waals surface area contributed by atoms with Crippen LogP contribution in [0.15, 0.2) is 24.3 Å². The Kier molecular flexibility index (Phi) is 6.77. The van der Waals surface area contributed by atoms with Gasteiger partial charge < -0.3 is 22.8 Å². The molecule has 0 amide bonds. The number of carboxylic acid groups (broad SMARTS) is 1. The van der Waals surface area contributed by atoms with Crippen LogP contribution in [0.4, 0.5) is 0 Å². The van der Waals surface area contributed by atoms with Crippen molar-refractivity contribution in [1.29, 1.82) is 0 Å². The van der Waals surface area contributed by atoms with Crippen LogP contribution in [-0.4, -0.2) is 17.6 Å². The van der Waals surface area contributed by atoms with Gasteiger partial charge in [0.05, 0.1) is 5.56 Å². The fraction of sp³-hybridized carbons (Fsp3) is 0.417. The van der Waals surface area contributed by atoms with Crippen LogP contribution in [0.1, 0.15) is 29.8 Å². The van der Waals surface area contributed by atoms with Crippen molar-refractivity contribution in [3.05, 3.63) is 35.4 Å². The molecule has 2 N–H and O–H groups in total. The Labute approximate surface area is 102 Å². The summed E-state index contributed by atoms with van der Waals surface area (Å²) in [5, 5.41) is 12.0. The summed E-state index contributed by atoms with van der Waals surface area (Å²) in [7, 11) is 0. The zero-order chi connectivity index (χ0) is 11.3. The van der Waals surface area contributed by atoms with Gasteiger partial charge in [0.15, 0.2) is 0 Å². The van der Waals surface area contributed by atoms with Crippen LogP contribution in [0.3, 0.4) is 0 Å². The lowest BCUT2D eigenvalue weighted by molar-refractivity contribution is -0.0000189. The van der Waals surface area contributed by atoms with Crippen molar-refractivity contribution in [2.45, 2.75) is 20.4 Å². The fourth-order valence-electron chi connectivity index (χ4n) is 1.27. The average Bonchev–Trinajstić information content (AvgIpc) is 2.18. The van der Waals surface area contributed by atoms with Gasteiger partial charge in [-0.3, -0.25) is 0 Å². The van der Waals surface area contributed by atoms with Gasteiger partial charge in [-0.2, -0.15) is 0 Å². The fourth-order valence-corrected chi connectivity index (χ4v) is 1.27. The quantitative estimate of drug-likeness (QED) is 0.706. The van der Waals surface area contributed by atoms with E-state index < -0.39 is 5.97 Å². The predicted octanol–water partition coefficient (Wildman–Crippen LogP) is -0.866. The second-order valence-corrected chi connectivity index (χ2v) is 4.03. The Morgan fingerprint density at radius 1 is 1.31 bits per heavy atom. The van der Waals surface area contributed by atoms with Crippen LogP contribution in [0.5, 0.6) is 0 Å². The third-order valence-electron chi connectivity index (χ3n) is 2.08. The lowest BCUT2D eigenvalue weighted by Crippen LogP contribution is -3.00. The molecule has 0 aliphatic rings. The maximum Gasteiger partial charge on any atom is 0.335 e. The summed E-state index contributed by atoms with van der Waals surface area (Å²) in [6.07, 6.45) is 0. The summed E-state index contributed by atoms with van der Waals surface area (Å²) in [4.78, 5) is 10.6. The zero-order valence-electron chi connectivity index (χ0n) is 9.53. The Balaban J connectivity index is 0.00000225. The highest BCUT2D eigenvalue weighted by molar-refractivity contribution is 5.87. The Hall–Kier alpha value is -1.06. The number of hydrogen-bond donors (Lipinski definition) is 2. The van der Waals surface area contributed by atoms with E-state index in [9.17, 15) is 4.79 Å². The maximum atomic E-state index is 10.6. The van der Waals surface area contributed by atoms with Gasteiger partial charge in [0, 0.05) is 6.54 Å². The second-order valence-electron chi connectivity index (χ2n) is 4.03.